The quantitative estimate of drug-likeness (QED) is 0.525. The Balaban J connectivity index is 3.98. The summed E-state index contributed by atoms with van der Waals surface area (Å²) in [4.78, 5) is 11.3. The van der Waals surface area contributed by atoms with Crippen molar-refractivity contribution in [2.75, 3.05) is 6.54 Å². The monoisotopic (exact) mass is 243 g/mol. The highest BCUT2D eigenvalue weighted by Crippen LogP contribution is 2.07. The van der Waals surface area contributed by atoms with Crippen LogP contribution in [0.1, 0.15) is 41.0 Å². The van der Waals surface area contributed by atoms with Gasteiger partial charge in [-0.1, -0.05) is 6.58 Å². The van der Waals surface area contributed by atoms with Gasteiger partial charge in [0.2, 0.25) is 5.91 Å². The van der Waals surface area contributed by atoms with Crippen molar-refractivity contribution < 1.29 is 14.3 Å². The van der Waals surface area contributed by atoms with Crippen molar-refractivity contribution in [3.63, 3.8) is 0 Å². The molecule has 0 aliphatic rings. The topological polar surface area (TPSA) is 47.6 Å². The Morgan fingerprint density at radius 2 is 1.65 bits per heavy atom. The lowest BCUT2D eigenvalue weighted by Gasteiger charge is -2.23. The van der Waals surface area contributed by atoms with Crippen molar-refractivity contribution in [1.29, 1.82) is 0 Å². The minimum Gasteiger partial charge on any atom is -0.352 e. The third-order valence-corrected chi connectivity index (χ3v) is 1.90. The fraction of sp³-hybridized carbons (Fsp3) is 0.769. The summed E-state index contributed by atoms with van der Waals surface area (Å²) >= 11 is 0. The van der Waals surface area contributed by atoms with Crippen LogP contribution in [-0.2, 0) is 14.3 Å². The summed E-state index contributed by atoms with van der Waals surface area (Å²) in [5, 5.41) is 2.76. The van der Waals surface area contributed by atoms with Crippen molar-refractivity contribution in [1.82, 2.24) is 5.32 Å². The molecule has 0 saturated carbocycles. The Morgan fingerprint density at radius 1 is 1.18 bits per heavy atom. The molecule has 0 aliphatic carbocycles. The van der Waals surface area contributed by atoms with Gasteiger partial charge in [-0.2, -0.15) is 0 Å². The molecule has 0 aromatic heterocycles. The van der Waals surface area contributed by atoms with Crippen LogP contribution in [-0.4, -0.2) is 30.9 Å². The van der Waals surface area contributed by atoms with Gasteiger partial charge in [0.05, 0.1) is 12.2 Å². The molecule has 0 unspecified atom stereocenters. The summed E-state index contributed by atoms with van der Waals surface area (Å²) in [6, 6.07) is 0. The highest BCUT2D eigenvalue weighted by atomic mass is 16.7. The first kappa shape index (κ1) is 16.1. The van der Waals surface area contributed by atoms with Crippen LogP contribution in [0.3, 0.4) is 0 Å². The molecular formula is C13H25NO3. The second kappa shape index (κ2) is 8.25. The van der Waals surface area contributed by atoms with E-state index in [-0.39, 0.29) is 24.4 Å². The third-order valence-electron chi connectivity index (χ3n) is 1.90. The van der Waals surface area contributed by atoms with Crippen LogP contribution in [0.4, 0.5) is 0 Å². The van der Waals surface area contributed by atoms with Crippen molar-refractivity contribution in [2.45, 2.75) is 59.5 Å². The molecule has 0 fully saturated rings. The lowest BCUT2D eigenvalue weighted by molar-refractivity contribution is -0.182. The molecule has 1 amide bonds. The highest BCUT2D eigenvalue weighted by Gasteiger charge is 2.13. The normalized spacial score (nSPS) is 11.3. The lowest BCUT2D eigenvalue weighted by Crippen LogP contribution is -2.31. The van der Waals surface area contributed by atoms with E-state index in [2.05, 4.69) is 11.9 Å². The summed E-state index contributed by atoms with van der Waals surface area (Å²) in [6.45, 7) is 13.6. The van der Waals surface area contributed by atoms with E-state index < -0.39 is 0 Å². The molecule has 0 atom stereocenters. The molecule has 4 heteroatoms. The first-order valence-electron chi connectivity index (χ1n) is 6.07. The van der Waals surface area contributed by atoms with Gasteiger partial charge in [-0.15, -0.1) is 0 Å². The lowest BCUT2D eigenvalue weighted by atomic mass is 10.3. The van der Waals surface area contributed by atoms with E-state index in [9.17, 15) is 4.79 Å². The van der Waals surface area contributed by atoms with Crippen LogP contribution in [0, 0.1) is 0 Å². The first-order valence-corrected chi connectivity index (χ1v) is 6.07. The first-order chi connectivity index (χ1) is 7.82. The van der Waals surface area contributed by atoms with Gasteiger partial charge in [0.15, 0.2) is 6.29 Å². The summed E-state index contributed by atoms with van der Waals surface area (Å²) in [5.74, 6) is -0.127. The van der Waals surface area contributed by atoms with Gasteiger partial charge >= 0.3 is 0 Å². The van der Waals surface area contributed by atoms with Gasteiger partial charge in [0.25, 0.3) is 0 Å². The standard InChI is InChI=1S/C13H25NO3/c1-9(2)13(15)14-8-7-12(16-10(3)4)17-11(5)6/h10-12H,1,7-8H2,2-6H3,(H,14,15). The summed E-state index contributed by atoms with van der Waals surface area (Å²) in [7, 11) is 0. The van der Waals surface area contributed by atoms with Crippen molar-refractivity contribution in [3.05, 3.63) is 12.2 Å². The Labute approximate surface area is 104 Å². The fourth-order valence-electron chi connectivity index (χ4n) is 1.23. The van der Waals surface area contributed by atoms with Crippen LogP contribution in [0.15, 0.2) is 12.2 Å². The molecule has 0 aromatic rings. The molecule has 17 heavy (non-hydrogen) atoms. The number of ether oxygens (including phenoxy) is 2. The van der Waals surface area contributed by atoms with Crippen molar-refractivity contribution in [2.24, 2.45) is 0 Å². The summed E-state index contributed by atoms with van der Waals surface area (Å²) in [6.07, 6.45) is 0.571. The summed E-state index contributed by atoms with van der Waals surface area (Å²) < 4.78 is 11.2. The molecule has 4 nitrogen and oxygen atoms in total. The average molecular weight is 243 g/mol. The van der Waals surface area contributed by atoms with Gasteiger partial charge < -0.3 is 14.8 Å². The van der Waals surface area contributed by atoms with Crippen LogP contribution in [0.5, 0.6) is 0 Å². The Kier molecular flexibility index (Phi) is 7.83. The molecule has 0 saturated heterocycles. The number of carbonyl (C=O) groups is 1. The van der Waals surface area contributed by atoms with Gasteiger partial charge in [-0.25, -0.2) is 0 Å². The minimum atomic E-state index is -0.277. The third kappa shape index (κ3) is 8.89. The number of rotatable bonds is 8. The van der Waals surface area contributed by atoms with E-state index in [1.165, 1.54) is 0 Å². The Bertz CT molecular complexity index is 239. The van der Waals surface area contributed by atoms with Gasteiger partial charge in [-0.3, -0.25) is 4.79 Å². The van der Waals surface area contributed by atoms with E-state index in [1.807, 2.05) is 27.7 Å². The van der Waals surface area contributed by atoms with E-state index >= 15 is 0 Å². The zero-order chi connectivity index (χ0) is 13.4. The second-order valence-corrected chi connectivity index (χ2v) is 4.62. The molecule has 1 N–H and O–H groups in total. The van der Waals surface area contributed by atoms with Crippen LogP contribution in [0.25, 0.3) is 0 Å². The Morgan fingerprint density at radius 3 is 2.00 bits per heavy atom. The van der Waals surface area contributed by atoms with Crippen LogP contribution >= 0.6 is 0 Å². The van der Waals surface area contributed by atoms with Crippen LogP contribution in [0.2, 0.25) is 0 Å². The average Bonchev–Trinajstić information content (AvgIpc) is 2.14. The number of hydrogen-bond acceptors (Lipinski definition) is 3. The largest absolute Gasteiger partial charge is 0.352 e. The molecule has 0 rings (SSSR count). The molecule has 0 aromatic carbocycles. The Hall–Kier alpha value is -0.870. The number of nitrogens with one attached hydrogen (secondary N) is 1. The van der Waals surface area contributed by atoms with Gasteiger partial charge in [0, 0.05) is 18.5 Å². The van der Waals surface area contributed by atoms with Crippen LogP contribution < -0.4 is 5.32 Å². The van der Waals surface area contributed by atoms with E-state index in [0.29, 0.717) is 18.5 Å². The number of hydrogen-bond donors (Lipinski definition) is 1. The van der Waals surface area contributed by atoms with E-state index in [0.717, 1.165) is 0 Å². The predicted octanol–water partition coefficient (Wildman–Crippen LogP) is 2.24. The molecule has 0 spiro atoms. The maximum absolute atomic E-state index is 11.3. The fourth-order valence-corrected chi connectivity index (χ4v) is 1.23. The maximum atomic E-state index is 11.3. The second-order valence-electron chi connectivity index (χ2n) is 4.62. The molecule has 0 bridgehead atoms. The molecular weight excluding hydrogens is 218 g/mol. The number of carbonyl (C=O) groups excluding carboxylic acids is 1. The number of amides is 1. The zero-order valence-corrected chi connectivity index (χ0v) is 11.6. The van der Waals surface area contributed by atoms with E-state index in [1.54, 1.807) is 6.92 Å². The van der Waals surface area contributed by atoms with Gasteiger partial charge in [0.1, 0.15) is 0 Å². The molecule has 100 valence electrons. The molecule has 0 aliphatic heterocycles. The minimum absolute atomic E-state index is 0.107. The van der Waals surface area contributed by atoms with Gasteiger partial charge in [-0.05, 0) is 34.6 Å². The van der Waals surface area contributed by atoms with Crippen molar-refractivity contribution in [3.8, 4) is 0 Å². The zero-order valence-electron chi connectivity index (χ0n) is 11.6. The molecule has 0 heterocycles. The van der Waals surface area contributed by atoms with E-state index in [4.69, 9.17) is 9.47 Å². The molecule has 0 radical (unpaired) electrons. The smallest absolute Gasteiger partial charge is 0.246 e. The van der Waals surface area contributed by atoms with Crippen molar-refractivity contribution >= 4 is 5.91 Å². The predicted molar refractivity (Wildman–Crippen MR) is 68.7 cm³/mol. The maximum Gasteiger partial charge on any atom is 0.246 e. The summed E-state index contributed by atoms with van der Waals surface area (Å²) in [5.41, 5.74) is 0.510. The SMILES string of the molecule is C=C(C)C(=O)NCCC(OC(C)C)OC(C)C. The highest BCUT2D eigenvalue weighted by molar-refractivity contribution is 5.91.